The number of amides is 1. The predicted octanol–water partition coefficient (Wildman–Crippen LogP) is 8.39. The van der Waals surface area contributed by atoms with Gasteiger partial charge in [0, 0.05) is 26.7 Å². The van der Waals surface area contributed by atoms with E-state index in [-0.39, 0.29) is 5.91 Å². The SMILES string of the molecule is Cc1ccc(-c2cc(-c3ccc(Cl)cc3)c3c(N)c(C(=O)Nc4ccc(C)c(Cl)c4)sc3n2)cc1. The van der Waals surface area contributed by atoms with Gasteiger partial charge in [0.05, 0.1) is 11.4 Å². The summed E-state index contributed by atoms with van der Waals surface area (Å²) in [6, 6.07) is 23.2. The highest BCUT2D eigenvalue weighted by Gasteiger charge is 2.22. The molecule has 0 bridgehead atoms. The Morgan fingerprint density at radius 1 is 0.914 bits per heavy atom. The molecule has 0 saturated heterocycles. The summed E-state index contributed by atoms with van der Waals surface area (Å²) >= 11 is 13.6. The molecule has 35 heavy (non-hydrogen) atoms. The van der Waals surface area contributed by atoms with Crippen LogP contribution in [0.15, 0.2) is 72.8 Å². The molecule has 1 amide bonds. The van der Waals surface area contributed by atoms with Gasteiger partial charge in [-0.1, -0.05) is 71.2 Å². The number of benzene rings is 3. The van der Waals surface area contributed by atoms with Crippen LogP contribution in [0.25, 0.3) is 32.6 Å². The molecule has 0 aliphatic carbocycles. The number of aryl methyl sites for hydroxylation is 2. The molecule has 0 unspecified atom stereocenters. The summed E-state index contributed by atoms with van der Waals surface area (Å²) in [5.41, 5.74) is 13.3. The van der Waals surface area contributed by atoms with Crippen LogP contribution in [0.3, 0.4) is 0 Å². The lowest BCUT2D eigenvalue weighted by Gasteiger charge is -2.09. The average Bonchev–Trinajstić information content (AvgIpc) is 3.18. The first-order valence-electron chi connectivity index (χ1n) is 10.9. The number of halogens is 2. The second-order valence-corrected chi connectivity index (χ2v) is 10.2. The van der Waals surface area contributed by atoms with Crippen molar-refractivity contribution in [3.8, 4) is 22.4 Å². The third-order valence-corrected chi connectivity index (χ3v) is 7.59. The minimum atomic E-state index is -0.302. The summed E-state index contributed by atoms with van der Waals surface area (Å²) in [6.07, 6.45) is 0. The van der Waals surface area contributed by atoms with Crippen LogP contribution in [0.4, 0.5) is 11.4 Å². The zero-order valence-electron chi connectivity index (χ0n) is 19.0. The first-order valence-corrected chi connectivity index (χ1v) is 12.5. The Kier molecular flexibility index (Phi) is 6.24. The Hall–Kier alpha value is -3.38. The number of pyridine rings is 1. The molecule has 7 heteroatoms. The molecule has 174 valence electrons. The topological polar surface area (TPSA) is 68.0 Å². The minimum absolute atomic E-state index is 0.302. The van der Waals surface area contributed by atoms with Gasteiger partial charge in [0.25, 0.3) is 5.91 Å². The Balaban J connectivity index is 1.65. The van der Waals surface area contributed by atoms with Crippen molar-refractivity contribution in [2.75, 3.05) is 11.1 Å². The summed E-state index contributed by atoms with van der Waals surface area (Å²) in [7, 11) is 0. The smallest absolute Gasteiger partial charge is 0.267 e. The van der Waals surface area contributed by atoms with E-state index in [1.54, 1.807) is 6.07 Å². The van der Waals surface area contributed by atoms with E-state index >= 15 is 0 Å². The number of anilines is 2. The zero-order chi connectivity index (χ0) is 24.7. The first-order chi connectivity index (χ1) is 16.8. The Morgan fingerprint density at radius 2 is 1.60 bits per heavy atom. The highest BCUT2D eigenvalue weighted by atomic mass is 35.5. The van der Waals surface area contributed by atoms with Crippen LogP contribution in [-0.2, 0) is 0 Å². The van der Waals surface area contributed by atoms with Crippen LogP contribution in [0.2, 0.25) is 10.0 Å². The number of nitrogens with one attached hydrogen (secondary N) is 1. The summed E-state index contributed by atoms with van der Waals surface area (Å²) in [5.74, 6) is -0.302. The Labute approximate surface area is 217 Å². The molecule has 0 aliphatic heterocycles. The maximum atomic E-state index is 13.2. The number of nitrogen functional groups attached to an aromatic ring is 1. The van der Waals surface area contributed by atoms with Crippen molar-refractivity contribution in [2.24, 2.45) is 0 Å². The number of thiophene rings is 1. The molecule has 0 spiro atoms. The lowest BCUT2D eigenvalue weighted by atomic mass is 9.99. The standard InChI is InChI=1S/C28H21Cl2N3OS/c1-15-3-6-18(7-4-15)23-14-21(17-8-10-19(29)11-9-17)24-25(31)26(35-28(24)33-23)27(34)32-20-12-5-16(2)22(30)13-20/h3-14H,31H2,1-2H3,(H,32,34). The van der Waals surface area contributed by atoms with Gasteiger partial charge >= 0.3 is 0 Å². The fourth-order valence-corrected chi connectivity index (χ4v) is 5.20. The van der Waals surface area contributed by atoms with Crippen molar-refractivity contribution >= 4 is 62.0 Å². The lowest BCUT2D eigenvalue weighted by molar-refractivity contribution is 0.103. The first kappa shape index (κ1) is 23.4. The molecule has 2 aromatic heterocycles. The van der Waals surface area contributed by atoms with E-state index in [1.807, 2.05) is 68.4 Å². The van der Waals surface area contributed by atoms with E-state index in [2.05, 4.69) is 17.4 Å². The number of hydrogen-bond donors (Lipinski definition) is 2. The number of nitrogens with two attached hydrogens (primary N) is 1. The van der Waals surface area contributed by atoms with E-state index in [0.717, 1.165) is 33.3 Å². The molecule has 5 rings (SSSR count). The minimum Gasteiger partial charge on any atom is -0.397 e. The van der Waals surface area contributed by atoms with Gasteiger partial charge in [0.1, 0.15) is 9.71 Å². The van der Waals surface area contributed by atoms with Crippen LogP contribution >= 0.6 is 34.5 Å². The van der Waals surface area contributed by atoms with E-state index in [4.69, 9.17) is 33.9 Å². The molecule has 3 N–H and O–H groups in total. The molecule has 3 aromatic carbocycles. The van der Waals surface area contributed by atoms with Gasteiger partial charge < -0.3 is 11.1 Å². The molecular weight excluding hydrogens is 497 g/mol. The predicted molar refractivity (Wildman–Crippen MR) is 149 cm³/mol. The molecule has 5 aromatic rings. The van der Waals surface area contributed by atoms with Crippen molar-refractivity contribution < 1.29 is 4.79 Å². The van der Waals surface area contributed by atoms with Gasteiger partial charge in [0.2, 0.25) is 0 Å². The number of rotatable bonds is 4. The summed E-state index contributed by atoms with van der Waals surface area (Å²) < 4.78 is 0. The molecular formula is C28H21Cl2N3OS. The summed E-state index contributed by atoms with van der Waals surface area (Å²) in [6.45, 7) is 3.96. The van der Waals surface area contributed by atoms with Crippen molar-refractivity contribution in [1.82, 2.24) is 4.98 Å². The Morgan fingerprint density at radius 3 is 2.29 bits per heavy atom. The molecule has 0 fully saturated rings. The van der Waals surface area contributed by atoms with Gasteiger partial charge in [-0.3, -0.25) is 4.79 Å². The van der Waals surface area contributed by atoms with Crippen molar-refractivity contribution in [1.29, 1.82) is 0 Å². The molecule has 0 atom stereocenters. The third kappa shape index (κ3) is 4.63. The monoisotopic (exact) mass is 517 g/mol. The molecule has 0 radical (unpaired) electrons. The maximum Gasteiger partial charge on any atom is 0.267 e. The number of hydrogen-bond acceptors (Lipinski definition) is 4. The Bertz CT molecular complexity index is 1580. The van der Waals surface area contributed by atoms with Gasteiger partial charge in [0.15, 0.2) is 0 Å². The quantitative estimate of drug-likeness (QED) is 0.251. The van der Waals surface area contributed by atoms with E-state index < -0.39 is 0 Å². The average molecular weight is 518 g/mol. The maximum absolute atomic E-state index is 13.2. The van der Waals surface area contributed by atoms with Gasteiger partial charge in [-0.25, -0.2) is 4.98 Å². The van der Waals surface area contributed by atoms with Crippen LogP contribution in [0, 0.1) is 13.8 Å². The van der Waals surface area contributed by atoms with Crippen LogP contribution in [-0.4, -0.2) is 10.9 Å². The largest absolute Gasteiger partial charge is 0.397 e. The van der Waals surface area contributed by atoms with Crippen molar-refractivity contribution in [3.63, 3.8) is 0 Å². The van der Waals surface area contributed by atoms with Crippen LogP contribution < -0.4 is 11.1 Å². The normalized spacial score (nSPS) is 11.1. The molecule has 4 nitrogen and oxygen atoms in total. The van der Waals surface area contributed by atoms with Gasteiger partial charge in [-0.2, -0.15) is 0 Å². The molecule has 0 saturated carbocycles. The van der Waals surface area contributed by atoms with Crippen LogP contribution in [0.5, 0.6) is 0 Å². The second-order valence-electron chi connectivity index (χ2n) is 8.37. The zero-order valence-corrected chi connectivity index (χ0v) is 21.4. The number of fused-ring (bicyclic) bond motifs is 1. The van der Waals surface area contributed by atoms with Crippen molar-refractivity contribution in [3.05, 3.63) is 98.8 Å². The van der Waals surface area contributed by atoms with Crippen LogP contribution in [0.1, 0.15) is 20.8 Å². The summed E-state index contributed by atoms with van der Waals surface area (Å²) in [5, 5.41) is 4.89. The van der Waals surface area contributed by atoms with E-state index in [0.29, 0.717) is 31.1 Å². The highest BCUT2D eigenvalue weighted by Crippen LogP contribution is 2.42. The fourth-order valence-electron chi connectivity index (χ4n) is 3.88. The molecule has 2 heterocycles. The number of carbonyl (C=O) groups excluding carboxylic acids is 1. The third-order valence-electron chi connectivity index (χ3n) is 5.84. The van der Waals surface area contributed by atoms with E-state index in [1.165, 1.54) is 16.9 Å². The summed E-state index contributed by atoms with van der Waals surface area (Å²) in [4.78, 5) is 19.2. The number of carbonyl (C=O) groups is 1. The fraction of sp³-hybridized carbons (Fsp3) is 0.0714. The van der Waals surface area contributed by atoms with E-state index in [9.17, 15) is 4.79 Å². The van der Waals surface area contributed by atoms with Crippen molar-refractivity contribution in [2.45, 2.75) is 13.8 Å². The van der Waals surface area contributed by atoms with Gasteiger partial charge in [-0.05, 0) is 60.9 Å². The lowest BCUT2D eigenvalue weighted by Crippen LogP contribution is -2.12. The van der Waals surface area contributed by atoms with Gasteiger partial charge in [-0.15, -0.1) is 11.3 Å². The highest BCUT2D eigenvalue weighted by molar-refractivity contribution is 7.21. The number of nitrogens with zero attached hydrogens (tertiary/aromatic N) is 1. The molecule has 0 aliphatic rings. The number of aromatic nitrogens is 1. The second kappa shape index (κ2) is 9.34.